The van der Waals surface area contributed by atoms with E-state index in [4.69, 9.17) is 4.84 Å². The second-order valence-electron chi connectivity index (χ2n) is 6.70. The molecule has 1 aliphatic heterocycles. The molecule has 0 amide bonds. The maximum atomic E-state index is 6.40. The van der Waals surface area contributed by atoms with Crippen molar-refractivity contribution >= 4 is 41.6 Å². The van der Waals surface area contributed by atoms with Crippen LogP contribution in [0.1, 0.15) is 38.4 Å². The molecule has 0 saturated carbocycles. The van der Waals surface area contributed by atoms with Gasteiger partial charge in [0.2, 0.25) is 0 Å². The number of oxime groups is 1. The zero-order valence-corrected chi connectivity index (χ0v) is 19.4. The van der Waals surface area contributed by atoms with Gasteiger partial charge in [-0.25, -0.2) is 0 Å². The van der Waals surface area contributed by atoms with Crippen molar-refractivity contribution in [1.29, 1.82) is 0 Å². The molecule has 1 unspecified atom stereocenters. The summed E-state index contributed by atoms with van der Waals surface area (Å²) in [5, 5.41) is 8.29. The number of benzene rings is 1. The molecule has 0 spiro atoms. The van der Waals surface area contributed by atoms with Gasteiger partial charge in [0.15, 0.2) is 0 Å². The van der Waals surface area contributed by atoms with Gasteiger partial charge in [0.25, 0.3) is 0 Å². The first-order valence-corrected chi connectivity index (χ1v) is 15.6. The summed E-state index contributed by atoms with van der Waals surface area (Å²) in [5.41, 5.74) is 3.23. The summed E-state index contributed by atoms with van der Waals surface area (Å²) in [5.74, 6) is 0. The van der Waals surface area contributed by atoms with E-state index in [1.807, 2.05) is 24.4 Å². The summed E-state index contributed by atoms with van der Waals surface area (Å²) >= 11 is 0.00636. The minimum absolute atomic E-state index is 0.241. The molecular weight excluding hydrogens is 484 g/mol. The van der Waals surface area contributed by atoms with Crippen molar-refractivity contribution < 1.29 is 4.84 Å². The molecule has 0 N–H and O–H groups in total. The molecule has 3 rings (SSSR count). The van der Waals surface area contributed by atoms with Gasteiger partial charge in [0.1, 0.15) is 0 Å². The molecule has 0 fully saturated rings. The first kappa shape index (κ1) is 18.9. The Hall–Kier alpha value is -0.887. The summed E-state index contributed by atoms with van der Waals surface area (Å²) in [6.45, 7) is 7.05. The third kappa shape index (κ3) is 3.27. The Morgan fingerprint density at radius 3 is 2.28 bits per heavy atom. The molecule has 1 aromatic heterocycles. The van der Waals surface area contributed by atoms with E-state index in [0.717, 1.165) is 17.8 Å². The van der Waals surface area contributed by atoms with E-state index in [-0.39, 0.29) is 4.43 Å². The molecule has 0 saturated heterocycles. The molecule has 0 radical (unpaired) electrons. The number of pyridine rings is 1. The van der Waals surface area contributed by atoms with E-state index in [0.29, 0.717) is 0 Å². The van der Waals surface area contributed by atoms with E-state index in [2.05, 4.69) is 77.8 Å². The first-order valence-electron chi connectivity index (χ1n) is 9.03. The summed E-state index contributed by atoms with van der Waals surface area (Å²) in [4.78, 5) is 10.9. The van der Waals surface area contributed by atoms with Crippen molar-refractivity contribution in [3.63, 3.8) is 0 Å². The monoisotopic (exact) mass is 510 g/mol. The van der Waals surface area contributed by atoms with Crippen LogP contribution < -0.4 is 0 Å². The number of hydrogen-bond acceptors (Lipinski definition) is 3. The standard InChI is InChI=1S/C20H25GeIN2O/c1-4-21(5-2,6-3)20(16-10-12-17(22)13-11-16)15-19(24-25-20)18-9-7-8-14-23-18/h7-14H,4-6,15H2,1-3H3. The Labute approximate surface area is 166 Å². The van der Waals surface area contributed by atoms with Crippen LogP contribution >= 0.6 is 22.6 Å². The van der Waals surface area contributed by atoms with Crippen molar-refractivity contribution in [2.24, 2.45) is 5.16 Å². The fourth-order valence-electron chi connectivity index (χ4n) is 4.18. The Morgan fingerprint density at radius 2 is 1.72 bits per heavy atom. The number of halogens is 1. The van der Waals surface area contributed by atoms with Crippen LogP contribution in [-0.2, 0) is 9.27 Å². The third-order valence-corrected chi connectivity index (χ3v) is 19.9. The van der Waals surface area contributed by atoms with Gasteiger partial charge >= 0.3 is 167 Å². The Morgan fingerprint density at radius 1 is 1.04 bits per heavy atom. The van der Waals surface area contributed by atoms with Crippen molar-refractivity contribution in [1.82, 2.24) is 4.98 Å². The van der Waals surface area contributed by atoms with Crippen molar-refractivity contribution in [3.8, 4) is 0 Å². The molecule has 1 atom stereocenters. The SMILES string of the molecule is C[CH2][Ge]([CH2]C)([CH2]C)[C]1(c2ccc(I)cc2)CC(c2ccccn2)=NO1. The number of hydrogen-bond donors (Lipinski definition) is 0. The number of rotatable bonds is 6. The zero-order valence-electron chi connectivity index (χ0n) is 15.1. The van der Waals surface area contributed by atoms with Crippen LogP contribution in [0.4, 0.5) is 0 Å². The van der Waals surface area contributed by atoms with Gasteiger partial charge in [-0.15, -0.1) is 0 Å². The molecule has 2 aromatic rings. The molecule has 0 aliphatic carbocycles. The van der Waals surface area contributed by atoms with Crippen LogP contribution in [0.25, 0.3) is 0 Å². The molecular formula is C20H25GeIN2O. The number of nitrogens with zero attached hydrogens (tertiary/aromatic N) is 2. The van der Waals surface area contributed by atoms with Gasteiger partial charge < -0.3 is 0 Å². The summed E-state index contributed by atoms with van der Waals surface area (Å²) in [6, 6.07) is 14.9. The van der Waals surface area contributed by atoms with Gasteiger partial charge in [0, 0.05) is 0 Å². The van der Waals surface area contributed by atoms with Crippen LogP contribution in [0.2, 0.25) is 15.8 Å². The van der Waals surface area contributed by atoms with Crippen molar-refractivity contribution in [3.05, 3.63) is 63.5 Å². The molecule has 5 heteroatoms. The van der Waals surface area contributed by atoms with Crippen LogP contribution in [0.3, 0.4) is 0 Å². The molecule has 2 heterocycles. The predicted octanol–water partition coefficient (Wildman–Crippen LogP) is 5.75. The first-order chi connectivity index (χ1) is 12.1. The van der Waals surface area contributed by atoms with Crippen LogP contribution in [-0.4, -0.2) is 24.0 Å². The van der Waals surface area contributed by atoms with Gasteiger partial charge in [-0.1, -0.05) is 0 Å². The normalized spacial score (nSPS) is 20.2. The quantitative estimate of drug-likeness (QED) is 0.367. The van der Waals surface area contributed by atoms with Crippen LogP contribution in [0.15, 0.2) is 53.8 Å². The molecule has 0 bridgehead atoms. The average molecular weight is 509 g/mol. The fraction of sp³-hybridized carbons (Fsp3) is 0.400. The van der Waals surface area contributed by atoms with E-state index in [1.165, 1.54) is 24.9 Å². The topological polar surface area (TPSA) is 34.5 Å². The van der Waals surface area contributed by atoms with Gasteiger partial charge in [0.05, 0.1) is 0 Å². The van der Waals surface area contributed by atoms with E-state index < -0.39 is 13.3 Å². The molecule has 132 valence electrons. The van der Waals surface area contributed by atoms with E-state index in [1.54, 1.807) is 0 Å². The van der Waals surface area contributed by atoms with Crippen LogP contribution in [0.5, 0.6) is 0 Å². The second-order valence-corrected chi connectivity index (χ2v) is 19.5. The number of aromatic nitrogens is 1. The van der Waals surface area contributed by atoms with E-state index in [9.17, 15) is 0 Å². The second kappa shape index (κ2) is 7.78. The zero-order chi connectivity index (χ0) is 17.9. The third-order valence-electron chi connectivity index (χ3n) is 5.89. The average Bonchev–Trinajstić information content (AvgIpc) is 3.12. The van der Waals surface area contributed by atoms with Crippen molar-refractivity contribution in [2.75, 3.05) is 0 Å². The summed E-state index contributed by atoms with van der Waals surface area (Å²) in [7, 11) is 0. The van der Waals surface area contributed by atoms with Gasteiger partial charge in [-0.3, -0.25) is 0 Å². The van der Waals surface area contributed by atoms with Gasteiger partial charge in [-0.2, -0.15) is 0 Å². The summed E-state index contributed by atoms with van der Waals surface area (Å²) in [6.07, 6.45) is 2.68. The molecule has 3 nitrogen and oxygen atoms in total. The van der Waals surface area contributed by atoms with Crippen LogP contribution in [0, 0.1) is 3.57 Å². The Balaban J connectivity index is 2.08. The predicted molar refractivity (Wildman–Crippen MR) is 115 cm³/mol. The van der Waals surface area contributed by atoms with Gasteiger partial charge in [-0.05, 0) is 0 Å². The Kier molecular flexibility index (Phi) is 5.88. The molecule has 1 aromatic carbocycles. The minimum atomic E-state index is -2.36. The van der Waals surface area contributed by atoms with Crippen molar-refractivity contribution in [2.45, 2.75) is 47.4 Å². The summed E-state index contributed by atoms with van der Waals surface area (Å²) < 4.78 is 1.01. The fourth-order valence-corrected chi connectivity index (χ4v) is 14.6. The van der Waals surface area contributed by atoms with E-state index >= 15 is 0 Å². The molecule has 25 heavy (non-hydrogen) atoms. The maximum absolute atomic E-state index is 6.40. The Bertz CT molecular complexity index is 736. The molecule has 1 aliphatic rings.